The van der Waals surface area contributed by atoms with Gasteiger partial charge in [0.1, 0.15) is 0 Å². The van der Waals surface area contributed by atoms with Gasteiger partial charge in [0, 0.05) is 18.3 Å². The Morgan fingerprint density at radius 3 is 2.62 bits per heavy atom. The Kier molecular flexibility index (Phi) is 1.30. The maximum Gasteiger partial charge on any atom is 0.175 e. The number of nitrogens with two attached hydrogens (primary N) is 1. The molecule has 1 aliphatic rings. The number of Topliss-reactive ketones (excluding diaryl/α,β-unsaturated/α-hetero) is 1. The summed E-state index contributed by atoms with van der Waals surface area (Å²) in [5, 5.41) is 2.88. The van der Waals surface area contributed by atoms with Crippen molar-refractivity contribution in [3.05, 3.63) is 11.8 Å². The Labute approximate surface area is 47.6 Å². The highest BCUT2D eigenvalue weighted by Crippen LogP contribution is 1.97. The molecule has 0 aromatic rings. The van der Waals surface area contributed by atoms with Crippen molar-refractivity contribution in [2.24, 2.45) is 5.73 Å². The van der Waals surface area contributed by atoms with Crippen LogP contribution in [0.1, 0.15) is 0 Å². The zero-order chi connectivity index (χ0) is 5.98. The number of rotatable bonds is 0. The molecule has 0 aromatic carbocycles. The van der Waals surface area contributed by atoms with Crippen LogP contribution in [0.3, 0.4) is 0 Å². The van der Waals surface area contributed by atoms with Crippen molar-refractivity contribution >= 4 is 5.78 Å². The van der Waals surface area contributed by atoms with Crippen molar-refractivity contribution in [3.63, 3.8) is 0 Å². The molecule has 0 bridgehead atoms. The average Bonchev–Trinajstić information content (AvgIpc) is 2.14. The van der Waals surface area contributed by atoms with Gasteiger partial charge in [-0.05, 0) is 0 Å². The van der Waals surface area contributed by atoms with E-state index in [0.29, 0.717) is 18.7 Å². The summed E-state index contributed by atoms with van der Waals surface area (Å²) in [6.45, 7) is 1.08. The fourth-order valence-electron chi connectivity index (χ4n) is 0.675. The van der Waals surface area contributed by atoms with E-state index in [1.54, 1.807) is 0 Å². The Balaban J connectivity index is 2.69. The van der Waals surface area contributed by atoms with Crippen LogP contribution in [-0.4, -0.2) is 18.9 Å². The zero-order valence-corrected chi connectivity index (χ0v) is 4.48. The first-order chi connectivity index (χ1) is 3.84. The van der Waals surface area contributed by atoms with Crippen molar-refractivity contribution < 1.29 is 4.79 Å². The molecule has 1 heterocycles. The van der Waals surface area contributed by atoms with E-state index < -0.39 is 0 Å². The van der Waals surface area contributed by atoms with Crippen LogP contribution in [-0.2, 0) is 4.79 Å². The molecule has 3 nitrogen and oxygen atoms in total. The van der Waals surface area contributed by atoms with Crippen molar-refractivity contribution in [1.29, 1.82) is 0 Å². The lowest BCUT2D eigenvalue weighted by atomic mass is 10.2. The Hall–Kier alpha value is -0.830. The molecule has 0 radical (unpaired) electrons. The Morgan fingerprint density at radius 1 is 1.62 bits per heavy atom. The monoisotopic (exact) mass is 112 g/mol. The maximum atomic E-state index is 10.6. The van der Waals surface area contributed by atoms with E-state index in [9.17, 15) is 4.79 Å². The molecule has 0 saturated carbocycles. The summed E-state index contributed by atoms with van der Waals surface area (Å²) in [6, 6.07) is 0. The summed E-state index contributed by atoms with van der Waals surface area (Å²) in [4.78, 5) is 10.6. The van der Waals surface area contributed by atoms with Gasteiger partial charge in [0.2, 0.25) is 0 Å². The fraction of sp³-hybridized carbons (Fsp3) is 0.400. The number of hydrogen-bond acceptors (Lipinski definition) is 3. The van der Waals surface area contributed by atoms with Gasteiger partial charge in [-0.2, -0.15) is 0 Å². The minimum atomic E-state index is 0.118. The van der Waals surface area contributed by atoms with Gasteiger partial charge >= 0.3 is 0 Å². The standard InChI is InChI=1S/C5H8N2O/c6-1-4-2-7-3-5(4)8/h1,7H,2-3,6H2. The second kappa shape index (κ2) is 1.96. The molecular weight excluding hydrogens is 104 g/mol. The predicted octanol–water partition coefficient (Wildman–Crippen LogP) is -0.999. The van der Waals surface area contributed by atoms with Crippen LogP contribution in [0.15, 0.2) is 11.8 Å². The third-order valence-corrected chi connectivity index (χ3v) is 1.16. The van der Waals surface area contributed by atoms with E-state index >= 15 is 0 Å². The van der Waals surface area contributed by atoms with Crippen molar-refractivity contribution in [3.8, 4) is 0 Å². The van der Waals surface area contributed by atoms with E-state index in [2.05, 4.69) is 5.32 Å². The molecule has 8 heavy (non-hydrogen) atoms. The molecule has 1 rings (SSSR count). The molecule has 3 N–H and O–H groups in total. The highest BCUT2D eigenvalue weighted by Gasteiger charge is 2.14. The van der Waals surface area contributed by atoms with Gasteiger partial charge in [-0.15, -0.1) is 0 Å². The zero-order valence-electron chi connectivity index (χ0n) is 4.48. The average molecular weight is 112 g/mol. The summed E-state index contributed by atoms with van der Waals surface area (Å²) < 4.78 is 0. The van der Waals surface area contributed by atoms with Gasteiger partial charge in [0.25, 0.3) is 0 Å². The first kappa shape index (κ1) is 5.31. The largest absolute Gasteiger partial charge is 0.404 e. The first-order valence-corrected chi connectivity index (χ1v) is 2.49. The van der Waals surface area contributed by atoms with Crippen LogP contribution < -0.4 is 11.1 Å². The number of ketones is 1. The second-order valence-corrected chi connectivity index (χ2v) is 1.72. The molecule has 1 saturated heterocycles. The lowest BCUT2D eigenvalue weighted by Gasteiger charge is -1.84. The van der Waals surface area contributed by atoms with Crippen molar-refractivity contribution in [1.82, 2.24) is 5.32 Å². The lowest BCUT2D eigenvalue weighted by molar-refractivity contribution is -0.113. The van der Waals surface area contributed by atoms with Gasteiger partial charge in [0.15, 0.2) is 5.78 Å². The molecule has 3 heteroatoms. The molecule has 1 fully saturated rings. The summed E-state index contributed by atoms with van der Waals surface area (Å²) in [5.41, 5.74) is 5.80. The molecule has 0 unspecified atom stereocenters. The number of nitrogens with one attached hydrogen (secondary N) is 1. The van der Waals surface area contributed by atoms with Gasteiger partial charge in [-0.3, -0.25) is 4.79 Å². The highest BCUT2D eigenvalue weighted by atomic mass is 16.1. The molecular formula is C5H8N2O. The third kappa shape index (κ3) is 0.721. The summed E-state index contributed by atoms with van der Waals surface area (Å²) >= 11 is 0. The number of carbonyl (C=O) groups is 1. The van der Waals surface area contributed by atoms with E-state index in [4.69, 9.17) is 5.73 Å². The van der Waals surface area contributed by atoms with Crippen LogP contribution in [0.2, 0.25) is 0 Å². The van der Waals surface area contributed by atoms with E-state index in [1.165, 1.54) is 6.20 Å². The minimum Gasteiger partial charge on any atom is -0.404 e. The Morgan fingerprint density at radius 2 is 2.38 bits per heavy atom. The van der Waals surface area contributed by atoms with E-state index in [0.717, 1.165) is 0 Å². The summed E-state index contributed by atoms with van der Waals surface area (Å²) in [6.07, 6.45) is 1.36. The van der Waals surface area contributed by atoms with Crippen molar-refractivity contribution in [2.75, 3.05) is 13.1 Å². The third-order valence-electron chi connectivity index (χ3n) is 1.16. The number of hydrogen-bond donors (Lipinski definition) is 2. The van der Waals surface area contributed by atoms with Gasteiger partial charge in [-0.25, -0.2) is 0 Å². The van der Waals surface area contributed by atoms with Crippen LogP contribution in [0.4, 0.5) is 0 Å². The summed E-state index contributed by atoms with van der Waals surface area (Å²) in [7, 11) is 0. The highest BCUT2D eigenvalue weighted by molar-refractivity contribution is 5.99. The molecule has 0 aliphatic carbocycles. The lowest BCUT2D eigenvalue weighted by Crippen LogP contribution is -2.07. The van der Waals surface area contributed by atoms with Gasteiger partial charge in [-0.1, -0.05) is 0 Å². The SMILES string of the molecule is NC=C1CNCC1=O. The van der Waals surface area contributed by atoms with Crippen LogP contribution in [0, 0.1) is 0 Å². The number of carbonyl (C=O) groups excluding carboxylic acids is 1. The van der Waals surface area contributed by atoms with Crippen LogP contribution in [0.25, 0.3) is 0 Å². The van der Waals surface area contributed by atoms with E-state index in [1.807, 2.05) is 0 Å². The molecule has 1 aliphatic heterocycles. The topological polar surface area (TPSA) is 55.1 Å². The normalized spacial score (nSPS) is 25.0. The van der Waals surface area contributed by atoms with Gasteiger partial charge in [0.05, 0.1) is 6.54 Å². The quantitative estimate of drug-likeness (QED) is 0.395. The minimum absolute atomic E-state index is 0.118. The van der Waals surface area contributed by atoms with Crippen LogP contribution in [0.5, 0.6) is 0 Å². The molecule has 44 valence electrons. The maximum absolute atomic E-state index is 10.6. The smallest absolute Gasteiger partial charge is 0.175 e. The predicted molar refractivity (Wildman–Crippen MR) is 30.1 cm³/mol. The molecule has 0 amide bonds. The molecule has 0 aromatic heterocycles. The Bertz CT molecular complexity index is 139. The first-order valence-electron chi connectivity index (χ1n) is 2.49. The fourth-order valence-corrected chi connectivity index (χ4v) is 0.675. The van der Waals surface area contributed by atoms with Crippen LogP contribution >= 0.6 is 0 Å². The van der Waals surface area contributed by atoms with Crippen molar-refractivity contribution in [2.45, 2.75) is 0 Å². The second-order valence-electron chi connectivity index (χ2n) is 1.72. The molecule has 0 atom stereocenters. The van der Waals surface area contributed by atoms with E-state index in [-0.39, 0.29) is 5.78 Å². The summed E-state index contributed by atoms with van der Waals surface area (Å²) in [5.74, 6) is 0.118. The van der Waals surface area contributed by atoms with Gasteiger partial charge < -0.3 is 11.1 Å². The molecule has 0 spiro atoms.